The Morgan fingerprint density at radius 3 is 2.83 bits per heavy atom. The quantitative estimate of drug-likeness (QED) is 0.732. The zero-order valence-corrected chi connectivity index (χ0v) is 13.9. The third kappa shape index (κ3) is 2.75. The van der Waals surface area contributed by atoms with Gasteiger partial charge in [-0.05, 0) is 19.1 Å². The number of pyridine rings is 1. The number of hydrogen-bond donors (Lipinski definition) is 1. The summed E-state index contributed by atoms with van der Waals surface area (Å²) in [6.07, 6.45) is 0. The first-order valence-electron chi connectivity index (χ1n) is 7.49. The third-order valence-electron chi connectivity index (χ3n) is 3.78. The molecule has 0 bridgehead atoms. The molecule has 1 aromatic carbocycles. The maximum atomic E-state index is 12.7. The normalized spacial score (nSPS) is 11.2. The number of thiophene rings is 1. The smallest absolute Gasteiger partial charge is 0.261 e. The molecular formula is C17H18N2O3S. The van der Waals surface area contributed by atoms with E-state index < -0.39 is 0 Å². The lowest BCUT2D eigenvalue weighted by molar-refractivity contribution is 0.0941. The molecule has 6 heteroatoms. The average molecular weight is 330 g/mol. The lowest BCUT2D eigenvalue weighted by Gasteiger charge is -2.08. The van der Waals surface area contributed by atoms with Crippen LogP contribution in [-0.2, 0) is 11.3 Å². The molecule has 0 atom stereocenters. The Hall–Kier alpha value is -2.18. The lowest BCUT2D eigenvalue weighted by atomic mass is 10.1. The standard InChI is InChI=1S/C17H18N2O3S/c1-3-19-13-7-5-4-6-11(13)15-12(17(19)21)10-14(23-15)16(20)18-8-9-22-2/h4-7,10H,3,8-9H2,1-2H3,(H,18,20). The van der Waals surface area contributed by atoms with Crippen molar-refractivity contribution in [3.8, 4) is 0 Å². The highest BCUT2D eigenvalue weighted by molar-refractivity contribution is 7.21. The van der Waals surface area contributed by atoms with Gasteiger partial charge >= 0.3 is 0 Å². The second-order valence-electron chi connectivity index (χ2n) is 5.17. The van der Waals surface area contributed by atoms with Crippen molar-refractivity contribution in [2.75, 3.05) is 20.3 Å². The van der Waals surface area contributed by atoms with Crippen molar-refractivity contribution < 1.29 is 9.53 Å². The van der Waals surface area contributed by atoms with E-state index in [-0.39, 0.29) is 11.5 Å². The van der Waals surface area contributed by atoms with Gasteiger partial charge in [0, 0.05) is 30.3 Å². The first kappa shape index (κ1) is 15.7. The van der Waals surface area contributed by atoms with Crippen molar-refractivity contribution in [1.29, 1.82) is 0 Å². The summed E-state index contributed by atoms with van der Waals surface area (Å²) in [5.41, 5.74) is 0.856. The van der Waals surface area contributed by atoms with Crippen LogP contribution in [0.4, 0.5) is 0 Å². The molecule has 23 heavy (non-hydrogen) atoms. The average Bonchev–Trinajstić information content (AvgIpc) is 3.01. The van der Waals surface area contributed by atoms with E-state index in [0.29, 0.717) is 30.0 Å². The first-order valence-corrected chi connectivity index (χ1v) is 8.31. The minimum atomic E-state index is -0.172. The van der Waals surface area contributed by atoms with Crippen LogP contribution in [0.25, 0.3) is 21.0 Å². The number of ether oxygens (including phenoxy) is 1. The fourth-order valence-corrected chi connectivity index (χ4v) is 3.79. The number of aromatic nitrogens is 1. The van der Waals surface area contributed by atoms with E-state index in [2.05, 4.69) is 5.32 Å². The van der Waals surface area contributed by atoms with E-state index in [1.165, 1.54) is 11.3 Å². The molecule has 0 aliphatic carbocycles. The molecule has 0 saturated heterocycles. The number of para-hydroxylation sites is 1. The van der Waals surface area contributed by atoms with Crippen molar-refractivity contribution in [2.45, 2.75) is 13.5 Å². The van der Waals surface area contributed by atoms with Gasteiger partial charge in [-0.2, -0.15) is 0 Å². The van der Waals surface area contributed by atoms with Gasteiger partial charge in [0.1, 0.15) is 0 Å². The van der Waals surface area contributed by atoms with E-state index >= 15 is 0 Å². The fourth-order valence-electron chi connectivity index (χ4n) is 2.69. The van der Waals surface area contributed by atoms with Crippen LogP contribution in [0.2, 0.25) is 0 Å². The lowest BCUT2D eigenvalue weighted by Crippen LogP contribution is -2.26. The van der Waals surface area contributed by atoms with E-state index in [1.807, 2.05) is 31.2 Å². The number of benzene rings is 1. The van der Waals surface area contributed by atoms with Crippen LogP contribution in [0.1, 0.15) is 16.6 Å². The number of aryl methyl sites for hydroxylation is 1. The Labute approximate surface area is 137 Å². The van der Waals surface area contributed by atoms with Crippen molar-refractivity contribution in [3.63, 3.8) is 0 Å². The minimum absolute atomic E-state index is 0.0478. The molecule has 0 saturated carbocycles. The molecule has 1 amide bonds. The monoisotopic (exact) mass is 330 g/mol. The summed E-state index contributed by atoms with van der Waals surface area (Å²) in [5.74, 6) is -0.172. The summed E-state index contributed by atoms with van der Waals surface area (Å²) in [7, 11) is 1.59. The summed E-state index contributed by atoms with van der Waals surface area (Å²) < 4.78 is 7.54. The van der Waals surface area contributed by atoms with Crippen LogP contribution in [0.15, 0.2) is 35.1 Å². The molecule has 3 rings (SSSR count). The van der Waals surface area contributed by atoms with Crippen LogP contribution < -0.4 is 10.9 Å². The van der Waals surface area contributed by atoms with Gasteiger partial charge in [-0.3, -0.25) is 9.59 Å². The molecule has 2 heterocycles. The molecular weight excluding hydrogens is 312 g/mol. The van der Waals surface area contributed by atoms with Crippen LogP contribution in [-0.4, -0.2) is 30.7 Å². The zero-order chi connectivity index (χ0) is 16.4. The number of carbonyl (C=O) groups excluding carboxylic acids is 1. The van der Waals surface area contributed by atoms with Gasteiger partial charge < -0.3 is 14.6 Å². The Morgan fingerprint density at radius 2 is 2.09 bits per heavy atom. The predicted molar refractivity (Wildman–Crippen MR) is 93.5 cm³/mol. The Balaban J connectivity index is 2.16. The molecule has 0 aliphatic heterocycles. The molecule has 1 N–H and O–H groups in total. The highest BCUT2D eigenvalue weighted by Crippen LogP contribution is 2.30. The minimum Gasteiger partial charge on any atom is -0.383 e. The summed E-state index contributed by atoms with van der Waals surface area (Å²) in [4.78, 5) is 25.5. The van der Waals surface area contributed by atoms with Gasteiger partial charge in [-0.15, -0.1) is 11.3 Å². The van der Waals surface area contributed by atoms with Gasteiger partial charge in [0.25, 0.3) is 11.5 Å². The highest BCUT2D eigenvalue weighted by atomic mass is 32.1. The maximum absolute atomic E-state index is 12.7. The van der Waals surface area contributed by atoms with Crippen LogP contribution in [0, 0.1) is 0 Å². The number of carbonyl (C=O) groups is 1. The third-order valence-corrected chi connectivity index (χ3v) is 4.95. The molecule has 0 spiro atoms. The van der Waals surface area contributed by atoms with Crippen LogP contribution >= 0.6 is 11.3 Å². The summed E-state index contributed by atoms with van der Waals surface area (Å²) in [5, 5.41) is 4.40. The van der Waals surface area contributed by atoms with Crippen molar-refractivity contribution >= 4 is 38.2 Å². The summed E-state index contributed by atoms with van der Waals surface area (Å²) in [6, 6.07) is 9.50. The number of rotatable bonds is 5. The second-order valence-corrected chi connectivity index (χ2v) is 6.22. The molecule has 5 nitrogen and oxygen atoms in total. The maximum Gasteiger partial charge on any atom is 0.261 e. The highest BCUT2D eigenvalue weighted by Gasteiger charge is 2.16. The van der Waals surface area contributed by atoms with Gasteiger partial charge in [-0.25, -0.2) is 0 Å². The van der Waals surface area contributed by atoms with E-state index in [0.717, 1.165) is 15.6 Å². The van der Waals surface area contributed by atoms with Crippen LogP contribution in [0.5, 0.6) is 0 Å². The first-order chi connectivity index (χ1) is 11.2. The molecule has 0 unspecified atom stereocenters. The fraction of sp³-hybridized carbons (Fsp3) is 0.294. The largest absolute Gasteiger partial charge is 0.383 e. The Morgan fingerprint density at radius 1 is 1.30 bits per heavy atom. The Kier molecular flexibility index (Phi) is 4.45. The van der Waals surface area contributed by atoms with Crippen molar-refractivity contribution in [2.24, 2.45) is 0 Å². The molecule has 120 valence electrons. The van der Waals surface area contributed by atoms with Gasteiger partial charge in [0.15, 0.2) is 0 Å². The van der Waals surface area contributed by atoms with Crippen LogP contribution in [0.3, 0.4) is 0 Å². The number of amides is 1. The van der Waals surface area contributed by atoms with Gasteiger partial charge in [-0.1, -0.05) is 18.2 Å². The van der Waals surface area contributed by atoms with E-state index in [9.17, 15) is 9.59 Å². The molecule has 0 aliphatic rings. The van der Waals surface area contributed by atoms with Gasteiger partial charge in [0.2, 0.25) is 0 Å². The van der Waals surface area contributed by atoms with E-state index in [4.69, 9.17) is 4.74 Å². The molecule has 3 aromatic rings. The summed E-state index contributed by atoms with van der Waals surface area (Å²) in [6.45, 7) is 3.45. The van der Waals surface area contributed by atoms with Gasteiger partial charge in [0.05, 0.1) is 22.4 Å². The number of nitrogens with one attached hydrogen (secondary N) is 1. The van der Waals surface area contributed by atoms with Crippen molar-refractivity contribution in [1.82, 2.24) is 9.88 Å². The van der Waals surface area contributed by atoms with Crippen molar-refractivity contribution in [3.05, 3.63) is 45.6 Å². The number of fused-ring (bicyclic) bond motifs is 3. The number of nitrogens with zero attached hydrogens (tertiary/aromatic N) is 1. The predicted octanol–water partition coefficient (Wildman–Crippen LogP) is 2.61. The second kappa shape index (κ2) is 6.52. The molecule has 2 aromatic heterocycles. The van der Waals surface area contributed by atoms with E-state index in [1.54, 1.807) is 17.7 Å². The molecule has 0 fully saturated rings. The SMILES string of the molecule is CCn1c(=O)c2cc(C(=O)NCCOC)sc2c2ccccc21. The topological polar surface area (TPSA) is 60.3 Å². The number of hydrogen-bond acceptors (Lipinski definition) is 4. The summed E-state index contributed by atoms with van der Waals surface area (Å²) >= 11 is 1.36. The number of methoxy groups -OCH3 is 1. The molecule has 0 radical (unpaired) electrons. The Bertz CT molecular complexity index is 927. The zero-order valence-electron chi connectivity index (χ0n) is 13.1.